The minimum atomic E-state index is -0.380. The summed E-state index contributed by atoms with van der Waals surface area (Å²) in [5.41, 5.74) is 0.347. The van der Waals surface area contributed by atoms with Gasteiger partial charge < -0.3 is 4.90 Å². The highest BCUT2D eigenvalue weighted by Crippen LogP contribution is 2.16. The van der Waals surface area contributed by atoms with Crippen molar-refractivity contribution < 1.29 is 9.18 Å². The third kappa shape index (κ3) is 4.22. The summed E-state index contributed by atoms with van der Waals surface area (Å²) < 4.78 is 14.3. The number of carbonyl (C=O) groups excluding carboxylic acids is 1. The number of rotatable bonds is 4. The summed E-state index contributed by atoms with van der Waals surface area (Å²) in [6, 6.07) is 4.55. The van der Waals surface area contributed by atoms with Gasteiger partial charge in [-0.1, -0.05) is 15.9 Å². The molecule has 21 heavy (non-hydrogen) atoms. The predicted octanol–water partition coefficient (Wildman–Crippen LogP) is 2.69. The third-order valence-electron chi connectivity index (χ3n) is 2.76. The second kappa shape index (κ2) is 6.62. The Balaban J connectivity index is 2.03. The number of hydrogen-bond donors (Lipinski definition) is 1. The molecule has 0 aliphatic rings. The molecule has 0 radical (unpaired) electrons. The first kappa shape index (κ1) is 15.4. The van der Waals surface area contributed by atoms with Crippen molar-refractivity contribution in [3.8, 4) is 0 Å². The molecule has 2 aromatic rings. The van der Waals surface area contributed by atoms with Gasteiger partial charge in [-0.15, -0.1) is 0 Å². The van der Waals surface area contributed by atoms with E-state index in [1.54, 1.807) is 26.1 Å². The highest BCUT2D eigenvalue weighted by atomic mass is 79.9. The van der Waals surface area contributed by atoms with Crippen molar-refractivity contribution in [1.82, 2.24) is 20.1 Å². The van der Waals surface area contributed by atoms with Crippen LogP contribution in [0.2, 0.25) is 0 Å². The lowest BCUT2D eigenvalue weighted by molar-refractivity contribution is -0.125. The highest BCUT2D eigenvalue weighted by molar-refractivity contribution is 9.10. The summed E-state index contributed by atoms with van der Waals surface area (Å²) in [5.74, 6) is 0.592. The lowest BCUT2D eigenvalue weighted by atomic mass is 10.2. The molecule has 0 atom stereocenters. The van der Waals surface area contributed by atoms with Gasteiger partial charge in [0.15, 0.2) is 5.82 Å². The van der Waals surface area contributed by atoms with Crippen LogP contribution in [-0.2, 0) is 11.3 Å². The number of aromatic nitrogens is 3. The summed E-state index contributed by atoms with van der Waals surface area (Å²) in [5, 5.41) is 6.67. The van der Waals surface area contributed by atoms with Crippen molar-refractivity contribution in [2.24, 2.45) is 0 Å². The molecule has 0 saturated carbocycles. The first-order valence-electron chi connectivity index (χ1n) is 6.22. The number of hydrogen-bond acceptors (Lipinski definition) is 3. The normalized spacial score (nSPS) is 11.0. The van der Waals surface area contributed by atoms with Crippen molar-refractivity contribution in [2.75, 3.05) is 7.05 Å². The molecule has 110 valence electrons. The van der Waals surface area contributed by atoms with Crippen LogP contribution in [0.4, 0.5) is 4.39 Å². The van der Waals surface area contributed by atoms with E-state index in [-0.39, 0.29) is 18.3 Å². The molecule has 0 aliphatic carbocycles. The number of aryl methyl sites for hydroxylation is 1. The van der Waals surface area contributed by atoms with Crippen LogP contribution in [0.3, 0.4) is 0 Å². The maximum absolute atomic E-state index is 13.5. The Morgan fingerprint density at radius 3 is 2.95 bits per heavy atom. The molecule has 0 saturated heterocycles. The van der Waals surface area contributed by atoms with E-state index in [1.165, 1.54) is 23.1 Å². The van der Waals surface area contributed by atoms with Gasteiger partial charge in [0.25, 0.3) is 0 Å². The Morgan fingerprint density at radius 1 is 1.52 bits per heavy atom. The first-order chi connectivity index (χ1) is 9.95. The van der Waals surface area contributed by atoms with Crippen LogP contribution < -0.4 is 0 Å². The fourth-order valence-electron chi connectivity index (χ4n) is 1.68. The van der Waals surface area contributed by atoms with Crippen LogP contribution in [0, 0.1) is 12.7 Å². The Labute approximate surface area is 130 Å². The van der Waals surface area contributed by atoms with E-state index in [4.69, 9.17) is 0 Å². The average molecular weight is 353 g/mol. The minimum absolute atomic E-state index is 0.253. The second-order valence-corrected chi connectivity index (χ2v) is 5.45. The van der Waals surface area contributed by atoms with Gasteiger partial charge in [-0.05, 0) is 31.2 Å². The van der Waals surface area contributed by atoms with Crippen LogP contribution >= 0.6 is 15.9 Å². The number of halogens is 2. The van der Waals surface area contributed by atoms with Crippen LogP contribution in [-0.4, -0.2) is 33.0 Å². The summed E-state index contributed by atoms with van der Waals surface area (Å²) >= 11 is 3.26. The van der Waals surface area contributed by atoms with Gasteiger partial charge >= 0.3 is 0 Å². The van der Waals surface area contributed by atoms with Crippen molar-refractivity contribution in [3.63, 3.8) is 0 Å². The van der Waals surface area contributed by atoms with E-state index in [0.29, 0.717) is 17.2 Å². The maximum atomic E-state index is 13.5. The molecule has 0 aliphatic heterocycles. The molecule has 0 spiro atoms. The number of aromatic amines is 1. The lowest BCUT2D eigenvalue weighted by Gasteiger charge is -2.12. The number of H-pyrrole nitrogens is 1. The zero-order chi connectivity index (χ0) is 15.4. The third-order valence-corrected chi connectivity index (χ3v) is 3.26. The Hall–Kier alpha value is -2.02. The highest BCUT2D eigenvalue weighted by Gasteiger charge is 2.09. The topological polar surface area (TPSA) is 61.9 Å². The largest absolute Gasteiger partial charge is 0.335 e. The molecule has 1 aromatic carbocycles. The molecular formula is C14H14BrFN4O. The summed E-state index contributed by atoms with van der Waals surface area (Å²) in [6.07, 6.45) is 2.77. The zero-order valence-electron chi connectivity index (χ0n) is 11.6. The summed E-state index contributed by atoms with van der Waals surface area (Å²) in [4.78, 5) is 17.5. The molecule has 0 fully saturated rings. The number of likely N-dealkylation sites (N-methyl/N-ethyl adjacent to an activating group) is 1. The molecule has 7 heteroatoms. The quantitative estimate of drug-likeness (QED) is 0.860. The fraction of sp³-hybridized carbons (Fsp3) is 0.214. The van der Waals surface area contributed by atoms with E-state index < -0.39 is 0 Å². The van der Waals surface area contributed by atoms with Crippen molar-refractivity contribution in [1.29, 1.82) is 0 Å². The fourth-order valence-corrected chi connectivity index (χ4v) is 2.06. The maximum Gasteiger partial charge on any atom is 0.246 e. The van der Waals surface area contributed by atoms with Gasteiger partial charge in [0.1, 0.15) is 11.6 Å². The smallest absolute Gasteiger partial charge is 0.246 e. The van der Waals surface area contributed by atoms with Gasteiger partial charge in [-0.3, -0.25) is 9.89 Å². The Morgan fingerprint density at radius 2 is 2.29 bits per heavy atom. The number of nitrogens with zero attached hydrogens (tertiary/aromatic N) is 3. The Kier molecular flexibility index (Phi) is 4.85. The van der Waals surface area contributed by atoms with Gasteiger partial charge in [-0.25, -0.2) is 9.37 Å². The number of amides is 1. The van der Waals surface area contributed by atoms with E-state index in [0.717, 1.165) is 4.47 Å². The zero-order valence-corrected chi connectivity index (χ0v) is 13.2. The minimum Gasteiger partial charge on any atom is -0.335 e. The number of carbonyl (C=O) groups is 1. The van der Waals surface area contributed by atoms with Crippen LogP contribution in [0.5, 0.6) is 0 Å². The van der Waals surface area contributed by atoms with Gasteiger partial charge in [0, 0.05) is 23.2 Å². The van der Waals surface area contributed by atoms with E-state index in [9.17, 15) is 9.18 Å². The standard InChI is InChI=1S/C14H14BrFN4O/c1-9-17-13(19-18-9)8-20(2)14(21)6-3-10-7-11(15)4-5-12(10)16/h3-7H,8H2,1-2H3,(H,17,18,19). The van der Waals surface area contributed by atoms with E-state index in [2.05, 4.69) is 31.1 Å². The van der Waals surface area contributed by atoms with Crippen molar-refractivity contribution in [2.45, 2.75) is 13.5 Å². The molecular weight excluding hydrogens is 339 g/mol. The predicted molar refractivity (Wildman–Crippen MR) is 80.7 cm³/mol. The van der Waals surface area contributed by atoms with Crippen molar-refractivity contribution in [3.05, 3.63) is 51.8 Å². The molecule has 1 amide bonds. The molecule has 1 N–H and O–H groups in total. The molecule has 1 heterocycles. The van der Waals surface area contributed by atoms with Crippen LogP contribution in [0.25, 0.3) is 6.08 Å². The SMILES string of the molecule is Cc1nc(CN(C)C(=O)C=Cc2cc(Br)ccc2F)n[nH]1. The lowest BCUT2D eigenvalue weighted by Crippen LogP contribution is -2.24. The summed E-state index contributed by atoms with van der Waals surface area (Å²) in [6.45, 7) is 2.07. The van der Waals surface area contributed by atoms with Gasteiger partial charge in [-0.2, -0.15) is 5.10 Å². The molecule has 0 bridgehead atoms. The van der Waals surface area contributed by atoms with E-state index in [1.807, 2.05) is 0 Å². The molecule has 5 nitrogen and oxygen atoms in total. The van der Waals surface area contributed by atoms with Crippen LogP contribution in [0.1, 0.15) is 17.2 Å². The van der Waals surface area contributed by atoms with E-state index >= 15 is 0 Å². The molecule has 0 unspecified atom stereocenters. The van der Waals surface area contributed by atoms with Gasteiger partial charge in [0.2, 0.25) is 5.91 Å². The monoisotopic (exact) mass is 352 g/mol. The first-order valence-corrected chi connectivity index (χ1v) is 7.01. The van der Waals surface area contributed by atoms with Crippen LogP contribution in [0.15, 0.2) is 28.7 Å². The molecule has 1 aromatic heterocycles. The van der Waals surface area contributed by atoms with Crippen molar-refractivity contribution >= 4 is 27.9 Å². The number of nitrogens with one attached hydrogen (secondary N) is 1. The Bertz CT molecular complexity index is 683. The molecule has 2 rings (SSSR count). The average Bonchev–Trinajstić information content (AvgIpc) is 2.84. The summed E-state index contributed by atoms with van der Waals surface area (Å²) in [7, 11) is 1.63. The number of benzene rings is 1. The van der Waals surface area contributed by atoms with Gasteiger partial charge in [0.05, 0.1) is 6.54 Å². The second-order valence-electron chi connectivity index (χ2n) is 4.53.